The Morgan fingerprint density at radius 3 is 2.46 bits per heavy atom. The minimum Gasteiger partial charge on any atom is -0.489 e. The number of hydrogen-bond donors (Lipinski definition) is 1. The number of carbonyl (C=O) groups is 2. The molecule has 136 valence electrons. The van der Waals surface area contributed by atoms with Crippen molar-refractivity contribution >= 4 is 11.9 Å². The number of carboxylic acid groups (broad SMARTS) is 1. The van der Waals surface area contributed by atoms with Crippen LogP contribution in [0.3, 0.4) is 0 Å². The monoisotopic (exact) mass is 353 g/mol. The van der Waals surface area contributed by atoms with Crippen molar-refractivity contribution in [3.8, 4) is 5.75 Å². The fourth-order valence-electron chi connectivity index (χ4n) is 3.35. The van der Waals surface area contributed by atoms with E-state index in [0.717, 1.165) is 17.7 Å². The maximum Gasteiger partial charge on any atom is 0.308 e. The van der Waals surface area contributed by atoms with Gasteiger partial charge >= 0.3 is 5.97 Å². The number of benzene rings is 2. The van der Waals surface area contributed by atoms with Gasteiger partial charge in [-0.15, -0.1) is 0 Å². The molecule has 1 amide bonds. The molecule has 5 nitrogen and oxygen atoms in total. The van der Waals surface area contributed by atoms with E-state index >= 15 is 0 Å². The number of aliphatic carboxylic acids is 1. The highest BCUT2D eigenvalue weighted by atomic mass is 16.5. The predicted octanol–water partition coefficient (Wildman–Crippen LogP) is 3.59. The molecule has 1 saturated heterocycles. The van der Waals surface area contributed by atoms with Crippen molar-refractivity contribution in [2.24, 2.45) is 5.92 Å². The molecule has 5 heteroatoms. The van der Waals surface area contributed by atoms with Crippen molar-refractivity contribution in [2.75, 3.05) is 6.54 Å². The maximum atomic E-state index is 12.8. The Morgan fingerprint density at radius 2 is 1.81 bits per heavy atom. The Labute approximate surface area is 153 Å². The van der Waals surface area contributed by atoms with Gasteiger partial charge in [-0.05, 0) is 49.6 Å². The number of piperidine rings is 1. The van der Waals surface area contributed by atoms with Crippen molar-refractivity contribution < 1.29 is 19.4 Å². The molecular formula is C21H23NO4. The lowest BCUT2D eigenvalue weighted by Gasteiger charge is -2.37. The van der Waals surface area contributed by atoms with Gasteiger partial charge in [0.05, 0.1) is 5.92 Å². The standard InChI is InChI=1S/C21H23NO4/c1-15-19(21(24)25)8-5-13-22(15)20(23)17-11-9-16(10-12-17)14-26-18-6-3-2-4-7-18/h2-4,6-7,9-12,15,19H,5,8,13-14H2,1H3,(H,24,25)/t15-,19-/m1/s1. The van der Waals surface area contributed by atoms with Gasteiger partial charge in [-0.1, -0.05) is 30.3 Å². The van der Waals surface area contributed by atoms with E-state index in [2.05, 4.69) is 0 Å². The third-order valence-electron chi connectivity index (χ3n) is 4.92. The van der Waals surface area contributed by atoms with Crippen molar-refractivity contribution in [2.45, 2.75) is 32.4 Å². The van der Waals surface area contributed by atoms with Crippen LogP contribution in [0.2, 0.25) is 0 Å². The molecule has 0 aliphatic carbocycles. The lowest BCUT2D eigenvalue weighted by Crippen LogP contribution is -2.49. The zero-order chi connectivity index (χ0) is 18.5. The molecule has 1 N–H and O–H groups in total. The molecule has 2 atom stereocenters. The van der Waals surface area contributed by atoms with E-state index in [9.17, 15) is 14.7 Å². The molecule has 3 rings (SSSR count). The number of carboxylic acids is 1. The van der Waals surface area contributed by atoms with E-state index in [4.69, 9.17) is 4.74 Å². The molecule has 1 heterocycles. The number of carbonyl (C=O) groups excluding carboxylic acids is 1. The summed E-state index contributed by atoms with van der Waals surface area (Å²) in [5.74, 6) is -0.636. The van der Waals surface area contributed by atoms with E-state index < -0.39 is 11.9 Å². The normalized spacial score (nSPS) is 19.8. The van der Waals surface area contributed by atoms with Gasteiger partial charge in [0.1, 0.15) is 12.4 Å². The average molecular weight is 353 g/mol. The first-order chi connectivity index (χ1) is 12.6. The number of ether oxygens (including phenoxy) is 1. The molecule has 1 aliphatic rings. The molecule has 0 unspecified atom stereocenters. The summed E-state index contributed by atoms with van der Waals surface area (Å²) in [7, 11) is 0. The number of hydrogen-bond acceptors (Lipinski definition) is 3. The van der Waals surface area contributed by atoms with Crippen molar-refractivity contribution in [3.05, 3.63) is 65.7 Å². The first-order valence-corrected chi connectivity index (χ1v) is 8.87. The average Bonchev–Trinajstić information content (AvgIpc) is 2.67. The largest absolute Gasteiger partial charge is 0.489 e. The third-order valence-corrected chi connectivity index (χ3v) is 4.92. The predicted molar refractivity (Wildman–Crippen MR) is 98.1 cm³/mol. The summed E-state index contributed by atoms with van der Waals surface area (Å²) in [4.78, 5) is 25.8. The molecule has 1 aliphatic heterocycles. The zero-order valence-electron chi connectivity index (χ0n) is 14.8. The highest BCUT2D eigenvalue weighted by Crippen LogP contribution is 2.25. The second-order valence-electron chi connectivity index (χ2n) is 6.62. The number of likely N-dealkylation sites (tertiary alicyclic amines) is 1. The Bertz CT molecular complexity index is 757. The number of rotatable bonds is 5. The summed E-state index contributed by atoms with van der Waals surface area (Å²) in [5, 5.41) is 9.32. The number of para-hydroxylation sites is 1. The van der Waals surface area contributed by atoms with Crippen LogP contribution in [-0.2, 0) is 11.4 Å². The van der Waals surface area contributed by atoms with Gasteiger partial charge < -0.3 is 14.7 Å². The van der Waals surface area contributed by atoms with Crippen molar-refractivity contribution in [3.63, 3.8) is 0 Å². The molecule has 0 radical (unpaired) electrons. The molecule has 0 aromatic heterocycles. The molecule has 0 saturated carbocycles. The van der Waals surface area contributed by atoms with E-state index in [1.54, 1.807) is 17.0 Å². The number of nitrogens with zero attached hydrogens (tertiary/aromatic N) is 1. The maximum absolute atomic E-state index is 12.8. The van der Waals surface area contributed by atoms with Crippen molar-refractivity contribution in [1.82, 2.24) is 4.90 Å². The minimum absolute atomic E-state index is 0.112. The Morgan fingerprint density at radius 1 is 1.12 bits per heavy atom. The summed E-state index contributed by atoms with van der Waals surface area (Å²) in [6.45, 7) is 2.85. The third kappa shape index (κ3) is 4.04. The Kier molecular flexibility index (Phi) is 5.56. The smallest absolute Gasteiger partial charge is 0.308 e. The van der Waals surface area contributed by atoms with E-state index in [-0.39, 0.29) is 11.9 Å². The molecule has 2 aromatic carbocycles. The van der Waals surface area contributed by atoms with Crippen LogP contribution < -0.4 is 4.74 Å². The van der Waals surface area contributed by atoms with Gasteiger partial charge in [-0.25, -0.2) is 0 Å². The summed E-state index contributed by atoms with van der Waals surface area (Å²) in [6, 6.07) is 16.6. The summed E-state index contributed by atoms with van der Waals surface area (Å²) in [6.07, 6.45) is 1.34. The molecule has 0 bridgehead atoms. The van der Waals surface area contributed by atoms with Crippen LogP contribution in [0.25, 0.3) is 0 Å². The molecule has 1 fully saturated rings. The molecule has 2 aromatic rings. The second-order valence-corrected chi connectivity index (χ2v) is 6.62. The molecule has 0 spiro atoms. The van der Waals surface area contributed by atoms with Crippen LogP contribution in [0, 0.1) is 5.92 Å². The highest BCUT2D eigenvalue weighted by molar-refractivity contribution is 5.94. The first kappa shape index (κ1) is 18.0. The van der Waals surface area contributed by atoms with Gasteiger partial charge in [0.2, 0.25) is 0 Å². The Hall–Kier alpha value is -2.82. The fourth-order valence-corrected chi connectivity index (χ4v) is 3.35. The van der Waals surface area contributed by atoms with Gasteiger partial charge in [0, 0.05) is 18.2 Å². The van der Waals surface area contributed by atoms with Gasteiger partial charge in [-0.3, -0.25) is 9.59 Å². The fraction of sp³-hybridized carbons (Fsp3) is 0.333. The van der Waals surface area contributed by atoms with E-state index in [0.29, 0.717) is 25.1 Å². The highest BCUT2D eigenvalue weighted by Gasteiger charge is 2.35. The lowest BCUT2D eigenvalue weighted by molar-refractivity contribution is -0.144. The van der Waals surface area contributed by atoms with Crippen molar-refractivity contribution in [1.29, 1.82) is 0 Å². The van der Waals surface area contributed by atoms with Gasteiger partial charge in [-0.2, -0.15) is 0 Å². The first-order valence-electron chi connectivity index (χ1n) is 8.87. The van der Waals surface area contributed by atoms with Crippen LogP contribution in [-0.4, -0.2) is 34.5 Å². The summed E-state index contributed by atoms with van der Waals surface area (Å²) in [5.41, 5.74) is 1.55. The second kappa shape index (κ2) is 8.04. The van der Waals surface area contributed by atoms with Crippen LogP contribution >= 0.6 is 0 Å². The minimum atomic E-state index is -0.830. The quantitative estimate of drug-likeness (QED) is 0.892. The Balaban J connectivity index is 1.64. The summed E-state index contributed by atoms with van der Waals surface area (Å²) < 4.78 is 5.71. The number of amides is 1. The van der Waals surface area contributed by atoms with E-state index in [1.807, 2.05) is 49.4 Å². The van der Waals surface area contributed by atoms with Crippen LogP contribution in [0.4, 0.5) is 0 Å². The summed E-state index contributed by atoms with van der Waals surface area (Å²) >= 11 is 0. The lowest BCUT2D eigenvalue weighted by atomic mass is 9.90. The SMILES string of the molecule is C[C@@H]1[C@H](C(=O)O)CCCN1C(=O)c1ccc(COc2ccccc2)cc1. The van der Waals surface area contributed by atoms with E-state index in [1.165, 1.54) is 0 Å². The van der Waals surface area contributed by atoms with Crippen LogP contribution in [0.1, 0.15) is 35.7 Å². The van der Waals surface area contributed by atoms with Crippen LogP contribution in [0.5, 0.6) is 5.75 Å². The van der Waals surface area contributed by atoms with Crippen LogP contribution in [0.15, 0.2) is 54.6 Å². The molecular weight excluding hydrogens is 330 g/mol. The van der Waals surface area contributed by atoms with Gasteiger partial charge in [0.25, 0.3) is 5.91 Å². The topological polar surface area (TPSA) is 66.8 Å². The zero-order valence-corrected chi connectivity index (χ0v) is 14.8. The molecule has 26 heavy (non-hydrogen) atoms. The van der Waals surface area contributed by atoms with Gasteiger partial charge in [0.15, 0.2) is 0 Å².